The van der Waals surface area contributed by atoms with E-state index < -0.39 is 311 Å². The zero-order valence-corrected chi connectivity index (χ0v) is 81.8. The van der Waals surface area contributed by atoms with E-state index in [4.69, 9.17) is 62.1 Å². The molecule has 2 saturated heterocycles. The summed E-state index contributed by atoms with van der Waals surface area (Å²) in [5, 5.41) is 142. The summed E-state index contributed by atoms with van der Waals surface area (Å²) in [4.78, 5) is 186. The number of carboxylic acid groups (broad SMARTS) is 1. The van der Waals surface area contributed by atoms with E-state index in [9.17, 15) is 104 Å². The number of aromatic hydroxyl groups is 3. The Morgan fingerprint density at radius 2 is 1.30 bits per heavy atom. The first-order valence-corrected chi connectivity index (χ1v) is 50.5. The number of ketones is 1. The minimum absolute atomic E-state index is 0.0715. The van der Waals surface area contributed by atoms with Gasteiger partial charge in [-0.1, -0.05) is 107 Å². The molecule has 776 valence electrons. The Hall–Kier alpha value is -10.6. The molecule has 142 heavy (non-hydrogen) atoms. The zero-order valence-electron chi connectivity index (χ0n) is 78.5. The molecule has 7 amide bonds. The van der Waals surface area contributed by atoms with Crippen LogP contribution >= 0.6 is 38.4 Å². The van der Waals surface area contributed by atoms with Gasteiger partial charge >= 0.3 is 21.2 Å². The predicted octanol–water partition coefficient (Wildman–Crippen LogP) is 4.58. The molecule has 44 nitrogen and oxygen atoms in total. The molecule has 0 radical (unpaired) electrons. The molecule has 7 heterocycles. The minimum Gasteiger partial charge on any atom is -0.507 e. The lowest BCUT2D eigenvalue weighted by molar-refractivity contribution is -0.334. The average Bonchev–Trinajstić information content (AvgIpc) is 0.753. The Morgan fingerprint density at radius 1 is 0.690 bits per heavy atom. The summed E-state index contributed by atoms with van der Waals surface area (Å²) in [5.74, 6) is -17.9. The molecule has 6 aromatic carbocycles. The number of halogens is 2. The Morgan fingerprint density at radius 3 is 1.90 bits per heavy atom. The number of hydrogen-bond donors (Lipinski definition) is 24. The number of nitrogens with two attached hydrogens (primary N) is 1. The SMILES string of the molecule is CCCCCCCCCCNCCNC1(C)CC(OC2C(Oc3c4cc5cc3Oc3ccc(cc3Cl)[C@H](O)C(NC(=O)C(CC(C)C)NC)C(=O)NC(CC(N)=O)C(=O)NC5C(=O)NC3C(=O)NC(C(=O)N[C@@H](C(=O)O)c5cc(O)c(CN(CC=O)CCC(=O)c6ccc(OCCCC(P(=O)(O)O)P(=O)(O)O)cc6)c(O)c5-c5cc3ccc5O)[C@H](O)c3ccc(c(Cl)c3)O4)OC(CO)C(O)C2O)OC(C)C1O. The molecule has 15 unspecified atom stereocenters. The molecule has 7 aliphatic heterocycles. The lowest BCUT2D eigenvalue weighted by atomic mass is 9.85. The molecule has 0 saturated carbocycles. The van der Waals surface area contributed by atoms with Crippen molar-refractivity contribution in [2.45, 2.75) is 246 Å². The molecule has 0 aromatic heterocycles. The van der Waals surface area contributed by atoms with Gasteiger partial charge in [0, 0.05) is 66.8 Å². The number of primary amides is 1. The zero-order chi connectivity index (χ0) is 104. The molecule has 18 atom stereocenters. The van der Waals surface area contributed by atoms with Crippen LogP contribution in [-0.4, -0.2) is 272 Å². The number of hydrogen-bond acceptors (Lipinski definition) is 32. The number of phenols is 3. The number of ether oxygens (including phenoxy) is 7. The number of Topliss-reactive ketones (excluding diaryl/α,β-unsaturated/α-hetero) is 1. The summed E-state index contributed by atoms with van der Waals surface area (Å²) < 4.78 is 68.8. The highest BCUT2D eigenvalue weighted by Crippen LogP contribution is 2.62. The topological polar surface area (TPSA) is 690 Å². The lowest BCUT2D eigenvalue weighted by Gasteiger charge is -2.48. The van der Waals surface area contributed by atoms with Crippen molar-refractivity contribution in [3.8, 4) is 62.9 Å². The van der Waals surface area contributed by atoms with Crippen molar-refractivity contribution in [3.05, 3.63) is 146 Å². The van der Waals surface area contributed by atoms with E-state index in [0.29, 0.717) is 19.4 Å². The number of aliphatic hydroxyl groups excluding tert-OH is 6. The van der Waals surface area contributed by atoms with Gasteiger partial charge in [-0.05, 0) is 160 Å². The van der Waals surface area contributed by atoms with Crippen molar-refractivity contribution in [3.63, 3.8) is 0 Å². The molecule has 0 aliphatic carbocycles. The van der Waals surface area contributed by atoms with Crippen LogP contribution in [0.4, 0.5) is 0 Å². The number of unbranched alkanes of at least 4 members (excludes halogenated alkanes) is 7. The van der Waals surface area contributed by atoms with Crippen molar-refractivity contribution in [2.75, 3.05) is 53.0 Å². The van der Waals surface area contributed by atoms with Crippen molar-refractivity contribution >= 4 is 97.8 Å². The van der Waals surface area contributed by atoms with Gasteiger partial charge in [-0.25, -0.2) is 4.79 Å². The van der Waals surface area contributed by atoms with Gasteiger partial charge < -0.3 is 162 Å². The smallest absolute Gasteiger partial charge is 0.340 e. The number of likely N-dealkylation sites (N-methyl/N-ethyl adjacent to an activating group) is 1. The first-order valence-electron chi connectivity index (χ1n) is 46.4. The van der Waals surface area contributed by atoms with Crippen LogP contribution in [0.2, 0.25) is 10.0 Å². The maximum absolute atomic E-state index is 16.6. The minimum atomic E-state index is -5.21. The van der Waals surface area contributed by atoms with Crippen LogP contribution in [0.3, 0.4) is 0 Å². The van der Waals surface area contributed by atoms with Gasteiger partial charge in [-0.2, -0.15) is 0 Å². The standard InChI is InChI=1S/C94H123Cl2N11O33P2/c1-7-8-9-10-11-12-13-14-28-99-29-30-100-94(5)43-70(135-47(4)85(94)119)139-84-82(118)81(117)68(45-109)138-93(84)140-83-66-39-52-40-67(83)137-65-26-21-51(38-58(65)96)79(115)77-91(125)104-75(92(126)127)55-41-63(112)56(44-107(32-33-108)31-27-61(110)48-17-22-53(23-18-48)134-34-15-16-71(141(128,129)130)142(131,132)133)80(116)72(55)54-36-49(19-24-62(54)111)73(88(122)106-77)103-89(123)74(52)102-87(121)60(42-69(97)113)101-90(124)76(105-86(120)59(98-6)35-46(2)3)78(114)50-20-25-64(136-66)57(95)37-50/h17-26,33,36-41,46-47,59-60,68,70-71,73-79,81-82,84-85,93,98-100,109,111-112,114-119H,7-16,27-32,34-35,42-45H2,1-6H3,(H2,97,113)(H,101,124)(H,102,121)(H,103,123)(H,104,125)(H,105,120)(H,106,122)(H,126,127)(H2,128,129,130)(H2,131,132,133)/t47?,59?,60?,68?,70?,73?,74?,75-,76?,77?,78+,79-,81?,82?,84?,85?,93?,94?/m1/s1. The van der Waals surface area contributed by atoms with E-state index in [-0.39, 0.29) is 60.8 Å². The molecule has 7 aliphatic rings. The number of benzene rings is 6. The van der Waals surface area contributed by atoms with Gasteiger partial charge in [0.2, 0.25) is 53.4 Å². The fraction of sp³-hybridized carbons (Fsp3) is 0.511. The van der Waals surface area contributed by atoms with Crippen molar-refractivity contribution in [1.29, 1.82) is 0 Å². The van der Waals surface area contributed by atoms with Crippen LogP contribution in [0.1, 0.15) is 199 Å². The second-order valence-corrected chi connectivity index (χ2v) is 41.1. The number of aldehydes is 1. The summed E-state index contributed by atoms with van der Waals surface area (Å²) >= 11 is 14.4. The molecule has 6 aromatic rings. The van der Waals surface area contributed by atoms with Gasteiger partial charge in [0.25, 0.3) is 0 Å². The highest BCUT2D eigenvalue weighted by molar-refractivity contribution is 7.70. The van der Waals surface area contributed by atoms with E-state index in [0.717, 1.165) is 99.3 Å². The van der Waals surface area contributed by atoms with Gasteiger partial charge in [0.1, 0.15) is 102 Å². The number of aliphatic hydroxyl groups is 6. The summed E-state index contributed by atoms with van der Waals surface area (Å²) in [5.41, 5.74) is 0.497. The molecule has 2 fully saturated rings. The second-order valence-electron chi connectivity index (χ2n) is 36.3. The lowest BCUT2D eigenvalue weighted by Crippen LogP contribution is -2.65. The number of nitrogens with one attached hydrogen (secondary N) is 9. The maximum atomic E-state index is 16.6. The van der Waals surface area contributed by atoms with Crippen LogP contribution in [0.5, 0.6) is 51.7 Å². The number of carbonyl (C=O) groups excluding carboxylic acids is 9. The van der Waals surface area contributed by atoms with Gasteiger partial charge in [0.05, 0.1) is 60.0 Å². The fourth-order valence-corrected chi connectivity index (χ4v) is 20.6. The van der Waals surface area contributed by atoms with E-state index in [2.05, 4.69) is 54.8 Å². The summed E-state index contributed by atoms with van der Waals surface area (Å²) in [6, 6.07) is 2.60. The number of aliphatic carboxylic acids is 1. The Bertz CT molecular complexity index is 5610. The third kappa shape index (κ3) is 28.1. The number of carboxylic acids is 1. The molecular weight excluding hydrogens is 1940 g/mol. The molecule has 48 heteroatoms. The molecule has 13 rings (SSSR count). The predicted molar refractivity (Wildman–Crippen MR) is 508 cm³/mol. The Balaban J connectivity index is 1.04. The van der Waals surface area contributed by atoms with Crippen LogP contribution in [0.15, 0.2) is 97.1 Å². The highest BCUT2D eigenvalue weighted by atomic mass is 35.5. The Kier molecular flexibility index (Phi) is 39.2. The van der Waals surface area contributed by atoms with E-state index >= 15 is 24.0 Å². The Labute approximate surface area is 826 Å². The number of nitrogens with zero attached hydrogens (tertiary/aromatic N) is 1. The molecular formula is C94H123Cl2N11O33P2. The van der Waals surface area contributed by atoms with Crippen molar-refractivity contribution in [1.82, 2.24) is 52.8 Å². The monoisotopic (exact) mass is 2070 g/mol. The molecule has 0 spiro atoms. The summed E-state index contributed by atoms with van der Waals surface area (Å²) in [6.45, 7) is 7.80. The normalized spacial score (nSPS) is 24.6. The third-order valence-electron chi connectivity index (χ3n) is 25.2. The highest BCUT2D eigenvalue weighted by Gasteiger charge is 2.53. The quantitative estimate of drug-likeness (QED) is 0.0108. The average molecular weight is 2070 g/mol. The number of rotatable bonds is 41. The van der Waals surface area contributed by atoms with E-state index in [1.165, 1.54) is 67.6 Å². The first kappa shape index (κ1) is 112. The fourth-order valence-electron chi connectivity index (χ4n) is 17.5. The van der Waals surface area contributed by atoms with Crippen molar-refractivity contribution in [2.24, 2.45) is 11.7 Å². The van der Waals surface area contributed by atoms with Gasteiger partial charge in [0.15, 0.2) is 41.1 Å². The van der Waals surface area contributed by atoms with Gasteiger partial charge in [-0.15, -0.1) is 0 Å². The molecule has 25 N–H and O–H groups in total. The van der Waals surface area contributed by atoms with Crippen LogP contribution in [-0.2, 0) is 73.0 Å². The maximum Gasteiger partial charge on any atom is 0.340 e. The van der Waals surface area contributed by atoms with Crippen LogP contribution in [0.25, 0.3) is 11.1 Å². The third-order valence-corrected chi connectivity index (χ3v) is 29.7. The van der Waals surface area contributed by atoms with Gasteiger partial charge in [-0.3, -0.25) is 52.4 Å². The number of phenolic OH excluding ortho intramolecular Hbond substituents is 3. The molecule has 11 bridgehead atoms. The largest absolute Gasteiger partial charge is 0.507 e. The summed E-state index contributed by atoms with van der Waals surface area (Å²) in [7, 11) is -8.97. The number of carbonyl (C=O) groups is 10. The number of fused-ring (bicyclic) bond motifs is 15. The van der Waals surface area contributed by atoms with Crippen LogP contribution in [0, 0.1) is 5.92 Å². The van der Waals surface area contributed by atoms with Crippen LogP contribution < -0.4 is 72.5 Å². The summed E-state index contributed by atoms with van der Waals surface area (Å²) in [6.07, 6.45) is -10.8. The first-order chi connectivity index (χ1) is 67.3. The van der Waals surface area contributed by atoms with E-state index in [1.807, 2.05) is 0 Å². The second kappa shape index (κ2) is 49.8. The van der Waals surface area contributed by atoms with E-state index in [1.54, 1.807) is 27.7 Å². The van der Waals surface area contributed by atoms with Crippen molar-refractivity contribution < 1.29 is 161 Å². The number of amides is 7.